The fourth-order valence-corrected chi connectivity index (χ4v) is 1.55. The van der Waals surface area contributed by atoms with E-state index in [1.165, 1.54) is 6.08 Å². The largest absolute Gasteiger partial charge is 0.322 e. The number of allylic oxidation sites excluding steroid dienone is 1. The summed E-state index contributed by atoms with van der Waals surface area (Å²) in [5.41, 5.74) is 1.55. The number of hydrogen-bond donors (Lipinski definition) is 1. The minimum Gasteiger partial charge on any atom is -0.322 e. The molecular formula is C12H13N5O. The topological polar surface area (TPSA) is 72.7 Å². The molecule has 0 aliphatic heterocycles. The van der Waals surface area contributed by atoms with Gasteiger partial charge in [0, 0.05) is 18.3 Å². The molecule has 2 aromatic rings. The molecule has 1 amide bonds. The molecule has 6 nitrogen and oxygen atoms in total. The highest BCUT2D eigenvalue weighted by atomic mass is 16.1. The first-order valence-electron chi connectivity index (χ1n) is 5.47. The van der Waals surface area contributed by atoms with Crippen LogP contribution in [0.5, 0.6) is 0 Å². The molecule has 1 aromatic carbocycles. The lowest BCUT2D eigenvalue weighted by molar-refractivity contribution is -0.111. The maximum atomic E-state index is 11.4. The second-order valence-electron chi connectivity index (χ2n) is 3.70. The monoisotopic (exact) mass is 243 g/mol. The van der Waals surface area contributed by atoms with E-state index < -0.39 is 0 Å². The molecular weight excluding hydrogens is 230 g/mol. The Balaban J connectivity index is 2.26. The molecule has 0 unspecified atom stereocenters. The quantitative estimate of drug-likeness (QED) is 0.827. The predicted octanol–water partition coefficient (Wildman–Crippen LogP) is 1.39. The van der Waals surface area contributed by atoms with Gasteiger partial charge in [-0.05, 0) is 35.6 Å². The Bertz CT molecular complexity index is 588. The van der Waals surface area contributed by atoms with E-state index in [4.69, 9.17) is 0 Å². The van der Waals surface area contributed by atoms with Crippen LogP contribution in [0.2, 0.25) is 0 Å². The zero-order valence-electron chi connectivity index (χ0n) is 10.2. The molecule has 92 valence electrons. The van der Waals surface area contributed by atoms with Crippen LogP contribution in [-0.4, -0.2) is 26.1 Å². The molecule has 0 aliphatic rings. The molecule has 0 saturated heterocycles. The lowest BCUT2D eigenvalue weighted by Gasteiger charge is -2.04. The smallest absolute Gasteiger partial charge is 0.248 e. The average molecular weight is 243 g/mol. The molecule has 0 atom stereocenters. The van der Waals surface area contributed by atoms with Crippen LogP contribution in [-0.2, 0) is 11.8 Å². The number of tetrazole rings is 1. The first-order valence-corrected chi connectivity index (χ1v) is 5.47. The second kappa shape index (κ2) is 5.22. The number of aryl methyl sites for hydroxylation is 1. The van der Waals surface area contributed by atoms with Crippen molar-refractivity contribution in [1.29, 1.82) is 0 Å². The van der Waals surface area contributed by atoms with Gasteiger partial charge in [-0.3, -0.25) is 4.79 Å². The molecule has 6 heteroatoms. The maximum Gasteiger partial charge on any atom is 0.248 e. The number of nitrogens with zero attached hydrogens (tertiary/aromatic N) is 4. The van der Waals surface area contributed by atoms with Crippen molar-refractivity contribution in [3.05, 3.63) is 36.4 Å². The number of anilines is 1. The molecule has 0 bridgehead atoms. The van der Waals surface area contributed by atoms with Crippen LogP contribution < -0.4 is 5.32 Å². The summed E-state index contributed by atoms with van der Waals surface area (Å²) < 4.78 is 1.58. The number of hydrogen-bond acceptors (Lipinski definition) is 4. The normalized spacial score (nSPS) is 10.8. The Morgan fingerprint density at radius 2 is 2.28 bits per heavy atom. The molecule has 2 rings (SSSR count). The number of nitrogens with one attached hydrogen (secondary N) is 1. The molecule has 0 fully saturated rings. The first-order chi connectivity index (χ1) is 8.70. The molecule has 1 aromatic heterocycles. The van der Waals surface area contributed by atoms with Gasteiger partial charge in [-0.15, -0.1) is 5.10 Å². The van der Waals surface area contributed by atoms with Gasteiger partial charge < -0.3 is 5.32 Å². The fourth-order valence-electron chi connectivity index (χ4n) is 1.55. The van der Waals surface area contributed by atoms with E-state index in [1.807, 2.05) is 24.3 Å². The van der Waals surface area contributed by atoms with Crippen LogP contribution >= 0.6 is 0 Å². The molecule has 0 radical (unpaired) electrons. The number of rotatable bonds is 3. The lowest BCUT2D eigenvalue weighted by Crippen LogP contribution is -2.07. The fraction of sp³-hybridized carbons (Fsp3) is 0.167. The van der Waals surface area contributed by atoms with Gasteiger partial charge >= 0.3 is 0 Å². The molecule has 1 heterocycles. The lowest BCUT2D eigenvalue weighted by atomic mass is 10.2. The molecule has 0 aliphatic carbocycles. The van der Waals surface area contributed by atoms with E-state index >= 15 is 0 Å². The van der Waals surface area contributed by atoms with Gasteiger partial charge in [0.2, 0.25) is 5.91 Å². The van der Waals surface area contributed by atoms with Gasteiger partial charge in [0.05, 0.1) is 0 Å². The maximum absolute atomic E-state index is 11.4. The highest BCUT2D eigenvalue weighted by Crippen LogP contribution is 2.19. The van der Waals surface area contributed by atoms with Crippen LogP contribution in [0, 0.1) is 0 Å². The third-order valence-electron chi connectivity index (χ3n) is 2.33. The third-order valence-corrected chi connectivity index (χ3v) is 2.33. The average Bonchev–Trinajstić information content (AvgIpc) is 2.76. The Hall–Kier alpha value is -2.50. The van der Waals surface area contributed by atoms with Crippen LogP contribution in [0.4, 0.5) is 5.69 Å². The van der Waals surface area contributed by atoms with Crippen molar-refractivity contribution in [2.24, 2.45) is 7.05 Å². The van der Waals surface area contributed by atoms with Crippen molar-refractivity contribution < 1.29 is 4.79 Å². The zero-order valence-corrected chi connectivity index (χ0v) is 10.2. The number of carbonyl (C=O) groups excluding carboxylic acids is 1. The van der Waals surface area contributed by atoms with Crippen LogP contribution in [0.25, 0.3) is 11.4 Å². The summed E-state index contributed by atoms with van der Waals surface area (Å²) in [6, 6.07) is 7.37. The number of carbonyl (C=O) groups is 1. The van der Waals surface area contributed by atoms with Gasteiger partial charge in [0.25, 0.3) is 0 Å². The van der Waals surface area contributed by atoms with Crippen molar-refractivity contribution in [2.75, 3.05) is 5.32 Å². The summed E-state index contributed by atoms with van der Waals surface area (Å²) in [6.07, 6.45) is 3.16. The Kier molecular flexibility index (Phi) is 3.47. The van der Waals surface area contributed by atoms with Crippen molar-refractivity contribution in [3.8, 4) is 11.4 Å². The first kappa shape index (κ1) is 12.0. The van der Waals surface area contributed by atoms with Gasteiger partial charge in [-0.2, -0.15) is 0 Å². The Labute approximate surface area is 104 Å². The highest BCUT2D eigenvalue weighted by molar-refractivity contribution is 5.99. The van der Waals surface area contributed by atoms with Crippen LogP contribution in [0.3, 0.4) is 0 Å². The van der Waals surface area contributed by atoms with Crippen LogP contribution in [0.15, 0.2) is 36.4 Å². The molecule has 0 spiro atoms. The molecule has 18 heavy (non-hydrogen) atoms. The van der Waals surface area contributed by atoms with E-state index in [9.17, 15) is 4.79 Å². The van der Waals surface area contributed by atoms with Gasteiger partial charge in [0.15, 0.2) is 5.82 Å². The summed E-state index contributed by atoms with van der Waals surface area (Å²) in [5.74, 6) is 0.489. The predicted molar refractivity (Wildman–Crippen MR) is 67.7 cm³/mol. The van der Waals surface area contributed by atoms with Gasteiger partial charge in [0.1, 0.15) is 0 Å². The van der Waals surface area contributed by atoms with E-state index in [-0.39, 0.29) is 5.91 Å². The van der Waals surface area contributed by atoms with Gasteiger partial charge in [-0.1, -0.05) is 18.2 Å². The SMILES string of the molecule is CC=CC(=O)Nc1cccc(-c2nnnn2C)c1. The van der Waals surface area contributed by atoms with E-state index in [0.29, 0.717) is 11.5 Å². The van der Waals surface area contributed by atoms with Crippen molar-refractivity contribution in [3.63, 3.8) is 0 Å². The summed E-state index contributed by atoms with van der Waals surface area (Å²) in [4.78, 5) is 11.4. The summed E-state index contributed by atoms with van der Waals surface area (Å²) in [7, 11) is 1.76. The minimum absolute atomic E-state index is 0.161. The van der Waals surface area contributed by atoms with E-state index in [0.717, 1.165) is 5.56 Å². The highest BCUT2D eigenvalue weighted by Gasteiger charge is 2.06. The van der Waals surface area contributed by atoms with Crippen molar-refractivity contribution >= 4 is 11.6 Å². The molecule has 0 saturated carbocycles. The Morgan fingerprint density at radius 1 is 1.44 bits per heavy atom. The second-order valence-corrected chi connectivity index (χ2v) is 3.70. The van der Waals surface area contributed by atoms with Crippen LogP contribution in [0.1, 0.15) is 6.92 Å². The Morgan fingerprint density at radius 3 is 2.94 bits per heavy atom. The number of benzene rings is 1. The minimum atomic E-state index is -0.161. The summed E-state index contributed by atoms with van der Waals surface area (Å²) in [5, 5.41) is 14.0. The molecule has 1 N–H and O–H groups in total. The summed E-state index contributed by atoms with van der Waals surface area (Å²) in [6.45, 7) is 1.79. The summed E-state index contributed by atoms with van der Waals surface area (Å²) >= 11 is 0. The third kappa shape index (κ3) is 2.60. The van der Waals surface area contributed by atoms with E-state index in [2.05, 4.69) is 20.8 Å². The standard InChI is InChI=1S/C12H13N5O/c1-3-5-11(18)13-10-7-4-6-9(8-10)12-14-15-16-17(12)2/h3-8H,1-2H3,(H,13,18). The van der Waals surface area contributed by atoms with Crippen molar-refractivity contribution in [2.45, 2.75) is 6.92 Å². The van der Waals surface area contributed by atoms with E-state index in [1.54, 1.807) is 24.7 Å². The number of aromatic nitrogens is 4. The zero-order chi connectivity index (χ0) is 13.0. The number of amides is 1. The van der Waals surface area contributed by atoms with Crippen molar-refractivity contribution in [1.82, 2.24) is 20.2 Å². The van der Waals surface area contributed by atoms with Gasteiger partial charge in [-0.25, -0.2) is 4.68 Å².